The third-order valence-electron chi connectivity index (χ3n) is 1.57. The molecule has 0 saturated heterocycles. The van der Waals surface area contributed by atoms with Crippen molar-refractivity contribution < 1.29 is 0 Å². The molecule has 2 N–H and O–H groups in total. The molecule has 5 heteroatoms. The fourth-order valence-electron chi connectivity index (χ4n) is 0.989. The van der Waals surface area contributed by atoms with E-state index >= 15 is 0 Å². The van der Waals surface area contributed by atoms with Crippen LogP contribution in [0.25, 0.3) is 5.78 Å². The molecule has 0 bridgehead atoms. The van der Waals surface area contributed by atoms with E-state index in [1.54, 1.807) is 16.9 Å². The zero-order chi connectivity index (χ0) is 8.55. The van der Waals surface area contributed by atoms with Crippen molar-refractivity contribution in [2.75, 3.05) is 5.73 Å². The van der Waals surface area contributed by atoms with E-state index in [0.717, 1.165) is 12.2 Å². The summed E-state index contributed by atoms with van der Waals surface area (Å²) >= 11 is 0. The summed E-state index contributed by atoms with van der Waals surface area (Å²) in [6.45, 7) is 2.00. The van der Waals surface area contributed by atoms with Gasteiger partial charge in [-0.2, -0.15) is 4.98 Å². The minimum absolute atomic E-state index is 0.593. The standard InChI is InChI=1S/C7H9N5/c1-2-6-10-7-9-3-5(8)4-12(7)11-6/h3-4H,2,8H2,1H3. The SMILES string of the molecule is CCc1nc2ncc(N)cn2n1. The minimum atomic E-state index is 0.593. The number of nitrogens with zero attached hydrogens (tertiary/aromatic N) is 4. The fourth-order valence-corrected chi connectivity index (χ4v) is 0.989. The molecule has 2 heterocycles. The predicted molar refractivity (Wildman–Crippen MR) is 44.6 cm³/mol. The Morgan fingerprint density at radius 1 is 1.58 bits per heavy atom. The van der Waals surface area contributed by atoms with E-state index in [1.165, 1.54) is 0 Å². The van der Waals surface area contributed by atoms with Crippen LogP contribution in [0.15, 0.2) is 12.4 Å². The van der Waals surface area contributed by atoms with Gasteiger partial charge in [0.2, 0.25) is 0 Å². The summed E-state index contributed by atoms with van der Waals surface area (Å²) in [5.41, 5.74) is 6.12. The van der Waals surface area contributed by atoms with Crippen molar-refractivity contribution in [3.05, 3.63) is 18.2 Å². The second-order valence-electron chi connectivity index (χ2n) is 2.51. The largest absolute Gasteiger partial charge is 0.396 e. The first-order chi connectivity index (χ1) is 5.79. The molecule has 0 unspecified atom stereocenters. The van der Waals surface area contributed by atoms with E-state index in [0.29, 0.717) is 11.5 Å². The average molecular weight is 163 g/mol. The van der Waals surface area contributed by atoms with E-state index in [9.17, 15) is 0 Å². The van der Waals surface area contributed by atoms with Crippen LogP contribution >= 0.6 is 0 Å². The molecule has 12 heavy (non-hydrogen) atoms. The first kappa shape index (κ1) is 7.02. The van der Waals surface area contributed by atoms with Crippen molar-refractivity contribution in [1.82, 2.24) is 19.6 Å². The van der Waals surface area contributed by atoms with Gasteiger partial charge in [0, 0.05) is 6.42 Å². The number of aryl methyl sites for hydroxylation is 1. The average Bonchev–Trinajstić information content (AvgIpc) is 2.46. The van der Waals surface area contributed by atoms with E-state index in [4.69, 9.17) is 5.73 Å². The second-order valence-corrected chi connectivity index (χ2v) is 2.51. The molecule has 62 valence electrons. The van der Waals surface area contributed by atoms with Crippen molar-refractivity contribution in [1.29, 1.82) is 0 Å². The van der Waals surface area contributed by atoms with Gasteiger partial charge < -0.3 is 5.73 Å². The van der Waals surface area contributed by atoms with Gasteiger partial charge in [-0.3, -0.25) is 0 Å². The lowest BCUT2D eigenvalue weighted by molar-refractivity contribution is 0.881. The number of anilines is 1. The number of hydrogen-bond acceptors (Lipinski definition) is 4. The quantitative estimate of drug-likeness (QED) is 0.655. The monoisotopic (exact) mass is 163 g/mol. The van der Waals surface area contributed by atoms with Gasteiger partial charge in [-0.25, -0.2) is 9.50 Å². The number of rotatable bonds is 1. The van der Waals surface area contributed by atoms with Crippen molar-refractivity contribution in [2.45, 2.75) is 13.3 Å². The van der Waals surface area contributed by atoms with Crippen LogP contribution in [0.2, 0.25) is 0 Å². The molecule has 0 atom stereocenters. The Balaban J connectivity index is 2.67. The molecule has 2 aromatic rings. The molecule has 0 aliphatic carbocycles. The summed E-state index contributed by atoms with van der Waals surface area (Å²) in [5.74, 6) is 1.38. The molecule has 5 nitrogen and oxygen atoms in total. The highest BCUT2D eigenvalue weighted by atomic mass is 15.3. The molecule has 0 aliphatic rings. The third-order valence-corrected chi connectivity index (χ3v) is 1.57. The van der Waals surface area contributed by atoms with Gasteiger partial charge in [0.25, 0.3) is 5.78 Å². The van der Waals surface area contributed by atoms with Gasteiger partial charge in [-0.1, -0.05) is 6.92 Å². The van der Waals surface area contributed by atoms with E-state index in [1.807, 2.05) is 6.92 Å². The molecule has 0 amide bonds. The van der Waals surface area contributed by atoms with Crippen molar-refractivity contribution >= 4 is 11.5 Å². The van der Waals surface area contributed by atoms with Crippen molar-refractivity contribution in [3.63, 3.8) is 0 Å². The van der Waals surface area contributed by atoms with Crippen LogP contribution in [0.1, 0.15) is 12.7 Å². The lowest BCUT2D eigenvalue weighted by atomic mass is 10.5. The van der Waals surface area contributed by atoms with Crippen LogP contribution in [-0.4, -0.2) is 19.6 Å². The lowest BCUT2D eigenvalue weighted by Gasteiger charge is -1.90. The van der Waals surface area contributed by atoms with Gasteiger partial charge >= 0.3 is 0 Å². The summed E-state index contributed by atoms with van der Waals surface area (Å²) in [7, 11) is 0. The normalized spacial score (nSPS) is 10.8. The highest BCUT2D eigenvalue weighted by Gasteiger charge is 2.01. The molecule has 0 aliphatic heterocycles. The third kappa shape index (κ3) is 0.990. The molecule has 2 aromatic heterocycles. The van der Waals surface area contributed by atoms with Crippen molar-refractivity contribution in [2.24, 2.45) is 0 Å². The van der Waals surface area contributed by atoms with Crippen LogP contribution in [0.4, 0.5) is 5.69 Å². The molecule has 0 spiro atoms. The Morgan fingerprint density at radius 2 is 2.42 bits per heavy atom. The van der Waals surface area contributed by atoms with Gasteiger partial charge in [-0.15, -0.1) is 5.10 Å². The Labute approximate surface area is 69.2 Å². The Hall–Kier alpha value is -1.65. The number of nitrogens with two attached hydrogens (primary N) is 1. The van der Waals surface area contributed by atoms with Crippen LogP contribution in [-0.2, 0) is 6.42 Å². The molecule has 0 radical (unpaired) electrons. The number of aromatic nitrogens is 4. The molecular formula is C7H9N5. The van der Waals surface area contributed by atoms with E-state index in [-0.39, 0.29) is 0 Å². The molecule has 0 aromatic carbocycles. The van der Waals surface area contributed by atoms with Crippen LogP contribution in [0.5, 0.6) is 0 Å². The van der Waals surface area contributed by atoms with Gasteiger partial charge in [0.05, 0.1) is 18.1 Å². The first-order valence-electron chi connectivity index (χ1n) is 3.76. The second kappa shape index (κ2) is 2.44. The van der Waals surface area contributed by atoms with Crippen molar-refractivity contribution in [3.8, 4) is 0 Å². The van der Waals surface area contributed by atoms with Gasteiger partial charge in [0.1, 0.15) is 0 Å². The topological polar surface area (TPSA) is 69.1 Å². The van der Waals surface area contributed by atoms with Crippen LogP contribution in [0.3, 0.4) is 0 Å². The first-order valence-corrected chi connectivity index (χ1v) is 3.76. The highest BCUT2D eigenvalue weighted by molar-refractivity contribution is 5.37. The molecular weight excluding hydrogens is 154 g/mol. The van der Waals surface area contributed by atoms with E-state index in [2.05, 4.69) is 15.1 Å². The molecule has 0 saturated carbocycles. The Kier molecular flexibility index (Phi) is 1.43. The number of nitrogen functional groups attached to an aromatic ring is 1. The summed E-state index contributed by atoms with van der Waals surface area (Å²) < 4.78 is 1.59. The summed E-state index contributed by atoms with van der Waals surface area (Å²) in [4.78, 5) is 8.17. The maximum Gasteiger partial charge on any atom is 0.252 e. The molecule has 0 fully saturated rings. The van der Waals surface area contributed by atoms with E-state index < -0.39 is 0 Å². The lowest BCUT2D eigenvalue weighted by Crippen LogP contribution is -1.94. The smallest absolute Gasteiger partial charge is 0.252 e. The fraction of sp³-hybridized carbons (Fsp3) is 0.286. The summed E-state index contributed by atoms with van der Waals surface area (Å²) in [6, 6.07) is 0. The maximum atomic E-state index is 5.52. The van der Waals surface area contributed by atoms with Gasteiger partial charge in [0.15, 0.2) is 5.82 Å². The molecule has 2 rings (SSSR count). The zero-order valence-electron chi connectivity index (χ0n) is 6.73. The summed E-state index contributed by atoms with van der Waals surface area (Å²) in [6.07, 6.45) is 4.08. The highest BCUT2D eigenvalue weighted by Crippen LogP contribution is 2.02. The predicted octanol–water partition coefficient (Wildman–Crippen LogP) is 0.269. The van der Waals surface area contributed by atoms with Crippen LogP contribution < -0.4 is 5.73 Å². The Morgan fingerprint density at radius 3 is 3.17 bits per heavy atom. The van der Waals surface area contributed by atoms with Gasteiger partial charge in [-0.05, 0) is 0 Å². The number of hydrogen-bond donors (Lipinski definition) is 1. The zero-order valence-corrected chi connectivity index (χ0v) is 6.73. The number of fused-ring (bicyclic) bond motifs is 1. The van der Waals surface area contributed by atoms with Crippen LogP contribution in [0, 0.1) is 0 Å². The Bertz CT molecular complexity index is 405. The summed E-state index contributed by atoms with van der Waals surface area (Å²) in [5, 5.41) is 4.16. The minimum Gasteiger partial charge on any atom is -0.396 e. The maximum absolute atomic E-state index is 5.52.